The van der Waals surface area contributed by atoms with Gasteiger partial charge in [0.2, 0.25) is 0 Å². The molecule has 0 saturated carbocycles. The second kappa shape index (κ2) is 13.0. The first kappa shape index (κ1) is 15.9. The molecule has 98 valence electrons. The summed E-state index contributed by atoms with van der Waals surface area (Å²) in [6, 6.07) is 0. The van der Waals surface area contributed by atoms with Gasteiger partial charge >= 0.3 is 0 Å². The van der Waals surface area contributed by atoms with Crippen LogP contribution in [-0.2, 0) is 4.84 Å². The summed E-state index contributed by atoms with van der Waals surface area (Å²) in [7, 11) is 0. The Kier molecular flexibility index (Phi) is 12.9. The van der Waals surface area contributed by atoms with Gasteiger partial charge in [-0.3, -0.25) is 4.84 Å². The van der Waals surface area contributed by atoms with Crippen LogP contribution in [0.15, 0.2) is 0 Å². The second-order valence-corrected chi connectivity index (χ2v) is 4.53. The first-order valence-corrected chi connectivity index (χ1v) is 7.23. The predicted octanol–water partition coefficient (Wildman–Crippen LogP) is 4.40. The maximum absolute atomic E-state index is 5.76. The van der Waals surface area contributed by atoms with Crippen molar-refractivity contribution < 1.29 is 4.84 Å². The van der Waals surface area contributed by atoms with Crippen molar-refractivity contribution in [2.45, 2.75) is 72.1 Å². The first-order chi connectivity index (χ1) is 7.85. The van der Waals surface area contributed by atoms with Crippen LogP contribution in [0, 0.1) is 0 Å². The van der Waals surface area contributed by atoms with E-state index in [2.05, 4.69) is 25.8 Å². The molecule has 0 amide bonds. The van der Waals surface area contributed by atoms with Gasteiger partial charge in [0, 0.05) is 13.1 Å². The summed E-state index contributed by atoms with van der Waals surface area (Å²) in [5.41, 5.74) is 0. The van der Waals surface area contributed by atoms with Crippen LogP contribution < -0.4 is 0 Å². The number of nitrogens with zero attached hydrogens (tertiary/aromatic N) is 1. The van der Waals surface area contributed by atoms with Gasteiger partial charge in [0.25, 0.3) is 0 Å². The van der Waals surface area contributed by atoms with Crippen LogP contribution in [0.25, 0.3) is 0 Å². The largest absolute Gasteiger partial charge is 0.299 e. The van der Waals surface area contributed by atoms with Crippen molar-refractivity contribution in [1.82, 2.24) is 5.06 Å². The summed E-state index contributed by atoms with van der Waals surface area (Å²) in [6.07, 6.45) is 10.4. The quantitative estimate of drug-likeness (QED) is 0.363. The number of rotatable bonds is 12. The smallest absolute Gasteiger partial charge is 0.0685 e. The lowest BCUT2D eigenvalue weighted by Crippen LogP contribution is -2.26. The van der Waals surface area contributed by atoms with Gasteiger partial charge in [-0.2, -0.15) is 5.06 Å². The fraction of sp³-hybridized carbons (Fsp3) is 1.00. The molecule has 0 heterocycles. The summed E-state index contributed by atoms with van der Waals surface area (Å²) in [5.74, 6) is 0. The molecule has 0 aromatic rings. The molecule has 0 aliphatic heterocycles. The molecule has 0 aliphatic rings. The number of hydroxylamine groups is 2. The van der Waals surface area contributed by atoms with Gasteiger partial charge in [-0.15, -0.1) is 0 Å². The van der Waals surface area contributed by atoms with Crippen molar-refractivity contribution in [2.75, 3.05) is 19.7 Å². The fourth-order valence-electron chi connectivity index (χ4n) is 1.82. The lowest BCUT2D eigenvalue weighted by atomic mass is 10.1. The first-order valence-electron chi connectivity index (χ1n) is 7.23. The summed E-state index contributed by atoms with van der Waals surface area (Å²) in [5, 5.41) is 2.13. The van der Waals surface area contributed by atoms with Crippen molar-refractivity contribution >= 4 is 0 Å². The van der Waals surface area contributed by atoms with E-state index < -0.39 is 0 Å². The molecule has 0 bridgehead atoms. The molecule has 0 radical (unpaired) electrons. The lowest BCUT2D eigenvalue weighted by Gasteiger charge is -2.20. The molecule has 0 atom stereocenters. The monoisotopic (exact) mass is 229 g/mol. The molecular formula is C14H31NO. The normalized spacial score (nSPS) is 11.2. The van der Waals surface area contributed by atoms with E-state index in [1.807, 2.05) is 0 Å². The van der Waals surface area contributed by atoms with Gasteiger partial charge in [0.15, 0.2) is 0 Å². The van der Waals surface area contributed by atoms with E-state index in [1.54, 1.807) is 0 Å². The minimum absolute atomic E-state index is 0.909. The highest BCUT2D eigenvalue weighted by atomic mass is 16.7. The zero-order valence-corrected chi connectivity index (χ0v) is 11.6. The third-order valence-electron chi connectivity index (χ3n) is 2.72. The average molecular weight is 229 g/mol. The van der Waals surface area contributed by atoms with Crippen LogP contribution >= 0.6 is 0 Å². The summed E-state index contributed by atoms with van der Waals surface area (Å²) >= 11 is 0. The van der Waals surface area contributed by atoms with Gasteiger partial charge < -0.3 is 0 Å². The summed E-state index contributed by atoms with van der Waals surface area (Å²) in [6.45, 7) is 9.73. The van der Waals surface area contributed by atoms with Crippen LogP contribution in [0.1, 0.15) is 72.1 Å². The number of unbranched alkanes of at least 4 members (excludes halogenated alkanes) is 5. The van der Waals surface area contributed by atoms with Crippen LogP contribution in [0.2, 0.25) is 0 Å². The van der Waals surface area contributed by atoms with Gasteiger partial charge in [-0.1, -0.05) is 52.9 Å². The molecule has 2 nitrogen and oxygen atoms in total. The molecule has 0 aromatic heterocycles. The topological polar surface area (TPSA) is 12.5 Å². The maximum atomic E-state index is 5.76. The Bertz CT molecular complexity index is 122. The number of hydrogen-bond acceptors (Lipinski definition) is 2. The highest BCUT2D eigenvalue weighted by Gasteiger charge is 2.01. The van der Waals surface area contributed by atoms with E-state index in [0.29, 0.717) is 0 Å². The van der Waals surface area contributed by atoms with Gasteiger partial charge in [0.1, 0.15) is 0 Å². The van der Waals surface area contributed by atoms with Gasteiger partial charge in [-0.05, 0) is 19.3 Å². The Labute approximate surface area is 102 Å². The standard InChI is InChI=1S/C14H31NO/c1-4-7-8-9-10-11-14-16-15(12-5-2)13-6-3/h4-14H2,1-3H3. The van der Waals surface area contributed by atoms with E-state index in [0.717, 1.165) is 19.7 Å². The maximum Gasteiger partial charge on any atom is 0.0685 e. The SMILES string of the molecule is CCCCCCCCON(CCC)CCC. The van der Waals surface area contributed by atoms with Gasteiger partial charge in [0.05, 0.1) is 6.61 Å². The van der Waals surface area contributed by atoms with E-state index in [-0.39, 0.29) is 0 Å². The second-order valence-electron chi connectivity index (χ2n) is 4.53. The van der Waals surface area contributed by atoms with E-state index in [4.69, 9.17) is 4.84 Å². The Balaban J connectivity index is 3.25. The highest BCUT2D eigenvalue weighted by molar-refractivity contribution is 4.45. The summed E-state index contributed by atoms with van der Waals surface area (Å²) < 4.78 is 0. The molecule has 0 aliphatic carbocycles. The highest BCUT2D eigenvalue weighted by Crippen LogP contribution is 2.05. The third-order valence-corrected chi connectivity index (χ3v) is 2.72. The molecule has 0 spiro atoms. The minimum Gasteiger partial charge on any atom is -0.299 e. The molecule has 2 heteroatoms. The Morgan fingerprint density at radius 1 is 0.688 bits per heavy atom. The Hall–Kier alpha value is -0.0800. The molecule has 0 fully saturated rings. The lowest BCUT2D eigenvalue weighted by molar-refractivity contribution is -0.159. The van der Waals surface area contributed by atoms with Crippen LogP contribution in [0.3, 0.4) is 0 Å². The molecule has 0 unspecified atom stereocenters. The third kappa shape index (κ3) is 10.4. The predicted molar refractivity (Wildman–Crippen MR) is 71.5 cm³/mol. The van der Waals surface area contributed by atoms with Crippen LogP contribution in [-0.4, -0.2) is 24.8 Å². The Morgan fingerprint density at radius 3 is 1.81 bits per heavy atom. The molecule has 0 N–H and O–H groups in total. The molecule has 0 aromatic carbocycles. The van der Waals surface area contributed by atoms with Crippen molar-refractivity contribution in [1.29, 1.82) is 0 Å². The van der Waals surface area contributed by atoms with Crippen molar-refractivity contribution in [3.63, 3.8) is 0 Å². The fourth-order valence-corrected chi connectivity index (χ4v) is 1.82. The van der Waals surface area contributed by atoms with Crippen molar-refractivity contribution in [3.8, 4) is 0 Å². The number of hydrogen-bond donors (Lipinski definition) is 0. The zero-order valence-electron chi connectivity index (χ0n) is 11.6. The van der Waals surface area contributed by atoms with Crippen molar-refractivity contribution in [2.24, 2.45) is 0 Å². The van der Waals surface area contributed by atoms with Gasteiger partial charge in [-0.25, -0.2) is 0 Å². The molecule has 0 saturated heterocycles. The van der Waals surface area contributed by atoms with Crippen LogP contribution in [0.5, 0.6) is 0 Å². The van der Waals surface area contributed by atoms with E-state index >= 15 is 0 Å². The molecule has 16 heavy (non-hydrogen) atoms. The van der Waals surface area contributed by atoms with E-state index in [9.17, 15) is 0 Å². The average Bonchev–Trinajstić information content (AvgIpc) is 2.28. The Morgan fingerprint density at radius 2 is 1.25 bits per heavy atom. The van der Waals surface area contributed by atoms with E-state index in [1.165, 1.54) is 51.4 Å². The minimum atomic E-state index is 0.909. The van der Waals surface area contributed by atoms with Crippen LogP contribution in [0.4, 0.5) is 0 Å². The molecule has 0 rings (SSSR count). The zero-order chi connectivity index (χ0) is 12.1. The molecular weight excluding hydrogens is 198 g/mol. The van der Waals surface area contributed by atoms with Crippen molar-refractivity contribution in [3.05, 3.63) is 0 Å². The summed E-state index contributed by atoms with van der Waals surface area (Å²) in [4.78, 5) is 5.76.